The number of aryl methyl sites for hydroxylation is 1. The Balaban J connectivity index is 1.54. The lowest BCUT2D eigenvalue weighted by Crippen LogP contribution is -2.17. The van der Waals surface area contributed by atoms with Crippen LogP contribution >= 0.6 is 15.9 Å². The standard InChI is InChI=1S/C13H15BrN4O/c14-9-3-6-11(16-8-9)13-18-17-12(19-13)2-1-7-15-10-4-5-10/h3,6,8,10,15H,1-2,4-5,7H2. The summed E-state index contributed by atoms with van der Waals surface area (Å²) in [6.07, 6.45) is 6.19. The predicted octanol–water partition coefficient (Wildman–Crippen LogP) is 2.58. The Bertz CT molecular complexity index is 536. The molecule has 0 saturated heterocycles. The first-order chi connectivity index (χ1) is 9.31. The van der Waals surface area contributed by atoms with E-state index in [-0.39, 0.29) is 0 Å². The Labute approximate surface area is 120 Å². The molecule has 2 aromatic heterocycles. The van der Waals surface area contributed by atoms with Crippen molar-refractivity contribution in [1.82, 2.24) is 20.5 Å². The molecule has 100 valence electrons. The van der Waals surface area contributed by atoms with Crippen molar-refractivity contribution >= 4 is 15.9 Å². The van der Waals surface area contributed by atoms with Crippen LogP contribution in [0.3, 0.4) is 0 Å². The van der Waals surface area contributed by atoms with Gasteiger partial charge in [0, 0.05) is 23.1 Å². The van der Waals surface area contributed by atoms with E-state index in [1.54, 1.807) is 6.20 Å². The fourth-order valence-electron chi connectivity index (χ4n) is 1.79. The highest BCUT2D eigenvalue weighted by Crippen LogP contribution is 2.19. The van der Waals surface area contributed by atoms with Crippen molar-refractivity contribution in [2.45, 2.75) is 31.7 Å². The molecule has 3 rings (SSSR count). The largest absolute Gasteiger partial charge is 0.419 e. The lowest BCUT2D eigenvalue weighted by Gasteiger charge is -1.99. The molecular formula is C13H15BrN4O. The maximum absolute atomic E-state index is 5.60. The number of nitrogens with zero attached hydrogens (tertiary/aromatic N) is 3. The molecule has 2 aromatic rings. The van der Waals surface area contributed by atoms with Gasteiger partial charge in [-0.2, -0.15) is 0 Å². The highest BCUT2D eigenvalue weighted by molar-refractivity contribution is 9.10. The van der Waals surface area contributed by atoms with E-state index in [1.165, 1.54) is 12.8 Å². The molecule has 0 unspecified atom stereocenters. The fraction of sp³-hybridized carbons (Fsp3) is 0.462. The van der Waals surface area contributed by atoms with Crippen LogP contribution in [0.15, 0.2) is 27.2 Å². The molecule has 0 amide bonds. The molecule has 0 bridgehead atoms. The summed E-state index contributed by atoms with van der Waals surface area (Å²) in [5.74, 6) is 1.16. The molecule has 0 spiro atoms. The summed E-state index contributed by atoms with van der Waals surface area (Å²) in [4.78, 5) is 4.23. The van der Waals surface area contributed by atoms with Crippen LogP contribution in [-0.4, -0.2) is 27.8 Å². The Morgan fingerprint density at radius 1 is 1.32 bits per heavy atom. The molecule has 19 heavy (non-hydrogen) atoms. The first-order valence-corrected chi connectivity index (χ1v) is 7.28. The van der Waals surface area contributed by atoms with Crippen LogP contribution in [0.1, 0.15) is 25.2 Å². The van der Waals surface area contributed by atoms with Crippen molar-refractivity contribution < 1.29 is 4.42 Å². The lowest BCUT2D eigenvalue weighted by atomic mass is 10.3. The monoisotopic (exact) mass is 322 g/mol. The molecule has 1 aliphatic rings. The highest BCUT2D eigenvalue weighted by atomic mass is 79.9. The van der Waals surface area contributed by atoms with Gasteiger partial charge in [0.15, 0.2) is 0 Å². The van der Waals surface area contributed by atoms with E-state index in [2.05, 4.69) is 36.4 Å². The lowest BCUT2D eigenvalue weighted by molar-refractivity contribution is 0.489. The molecule has 1 saturated carbocycles. The van der Waals surface area contributed by atoms with Gasteiger partial charge in [-0.25, -0.2) is 4.98 Å². The van der Waals surface area contributed by atoms with Crippen LogP contribution < -0.4 is 5.32 Å². The van der Waals surface area contributed by atoms with Gasteiger partial charge in [0.1, 0.15) is 5.69 Å². The van der Waals surface area contributed by atoms with Gasteiger partial charge in [0.05, 0.1) is 0 Å². The third-order valence-corrected chi connectivity index (χ3v) is 3.46. The first-order valence-electron chi connectivity index (χ1n) is 6.49. The van der Waals surface area contributed by atoms with Crippen molar-refractivity contribution in [1.29, 1.82) is 0 Å². The smallest absolute Gasteiger partial charge is 0.266 e. The SMILES string of the molecule is Brc1ccc(-c2nnc(CCCNC3CC3)o2)nc1. The second-order valence-corrected chi connectivity index (χ2v) is 5.61. The van der Waals surface area contributed by atoms with Crippen molar-refractivity contribution in [3.05, 3.63) is 28.7 Å². The van der Waals surface area contributed by atoms with Crippen LogP contribution in [0.4, 0.5) is 0 Å². The average molecular weight is 323 g/mol. The van der Waals surface area contributed by atoms with Crippen molar-refractivity contribution in [2.24, 2.45) is 0 Å². The van der Waals surface area contributed by atoms with E-state index in [4.69, 9.17) is 4.42 Å². The fourth-order valence-corrected chi connectivity index (χ4v) is 2.03. The van der Waals surface area contributed by atoms with E-state index in [0.717, 1.165) is 29.9 Å². The van der Waals surface area contributed by atoms with E-state index >= 15 is 0 Å². The minimum absolute atomic E-state index is 0.484. The zero-order valence-corrected chi connectivity index (χ0v) is 12.1. The molecule has 1 N–H and O–H groups in total. The zero-order valence-electron chi connectivity index (χ0n) is 10.5. The van der Waals surface area contributed by atoms with Gasteiger partial charge in [-0.05, 0) is 53.9 Å². The second kappa shape index (κ2) is 5.79. The van der Waals surface area contributed by atoms with Crippen LogP contribution in [-0.2, 0) is 6.42 Å². The van der Waals surface area contributed by atoms with E-state index in [9.17, 15) is 0 Å². The summed E-state index contributed by atoms with van der Waals surface area (Å²) < 4.78 is 6.54. The second-order valence-electron chi connectivity index (χ2n) is 4.69. The third kappa shape index (κ3) is 3.61. The van der Waals surface area contributed by atoms with Gasteiger partial charge in [0.2, 0.25) is 5.89 Å². The van der Waals surface area contributed by atoms with Crippen LogP contribution in [0.2, 0.25) is 0 Å². The van der Waals surface area contributed by atoms with E-state index < -0.39 is 0 Å². The van der Waals surface area contributed by atoms with Crippen LogP contribution in [0, 0.1) is 0 Å². The molecule has 0 radical (unpaired) electrons. The summed E-state index contributed by atoms with van der Waals surface area (Å²) in [5.41, 5.74) is 0.707. The van der Waals surface area contributed by atoms with Crippen molar-refractivity contribution in [3.63, 3.8) is 0 Å². The maximum Gasteiger partial charge on any atom is 0.266 e. The predicted molar refractivity (Wildman–Crippen MR) is 74.6 cm³/mol. The van der Waals surface area contributed by atoms with Crippen LogP contribution in [0.25, 0.3) is 11.6 Å². The Kier molecular flexibility index (Phi) is 3.89. The average Bonchev–Trinajstić information content (AvgIpc) is 3.13. The minimum Gasteiger partial charge on any atom is -0.419 e. The van der Waals surface area contributed by atoms with Crippen LogP contribution in [0.5, 0.6) is 0 Å². The third-order valence-electron chi connectivity index (χ3n) is 2.99. The number of hydrogen-bond donors (Lipinski definition) is 1. The van der Waals surface area contributed by atoms with E-state index in [1.807, 2.05) is 12.1 Å². The quantitative estimate of drug-likeness (QED) is 0.828. The van der Waals surface area contributed by atoms with Gasteiger partial charge < -0.3 is 9.73 Å². The summed E-state index contributed by atoms with van der Waals surface area (Å²) in [6.45, 7) is 1.01. The maximum atomic E-state index is 5.60. The number of pyridine rings is 1. The molecular weight excluding hydrogens is 308 g/mol. The number of halogens is 1. The van der Waals surface area contributed by atoms with E-state index in [0.29, 0.717) is 17.5 Å². The molecule has 5 nitrogen and oxygen atoms in total. The topological polar surface area (TPSA) is 63.8 Å². The molecule has 0 atom stereocenters. The summed E-state index contributed by atoms with van der Waals surface area (Å²) in [7, 11) is 0. The molecule has 6 heteroatoms. The number of rotatable bonds is 6. The Hall–Kier alpha value is -1.27. The number of nitrogens with one attached hydrogen (secondary N) is 1. The highest BCUT2D eigenvalue weighted by Gasteiger charge is 2.19. The molecule has 2 heterocycles. The first kappa shape index (κ1) is 12.7. The van der Waals surface area contributed by atoms with Crippen molar-refractivity contribution in [2.75, 3.05) is 6.54 Å². The normalized spacial score (nSPS) is 14.8. The summed E-state index contributed by atoms with van der Waals surface area (Å²) in [6, 6.07) is 4.52. The van der Waals surface area contributed by atoms with Crippen molar-refractivity contribution in [3.8, 4) is 11.6 Å². The molecule has 0 aromatic carbocycles. The van der Waals surface area contributed by atoms with Gasteiger partial charge in [0.25, 0.3) is 5.89 Å². The van der Waals surface area contributed by atoms with Gasteiger partial charge in [-0.1, -0.05) is 0 Å². The summed E-state index contributed by atoms with van der Waals surface area (Å²) >= 11 is 3.35. The Morgan fingerprint density at radius 3 is 2.95 bits per heavy atom. The van der Waals surface area contributed by atoms with Gasteiger partial charge in [-0.3, -0.25) is 0 Å². The number of hydrogen-bond acceptors (Lipinski definition) is 5. The van der Waals surface area contributed by atoms with Gasteiger partial charge in [-0.15, -0.1) is 10.2 Å². The molecule has 0 aliphatic heterocycles. The van der Waals surface area contributed by atoms with Gasteiger partial charge >= 0.3 is 0 Å². The number of aromatic nitrogens is 3. The Morgan fingerprint density at radius 2 is 2.21 bits per heavy atom. The summed E-state index contributed by atoms with van der Waals surface area (Å²) in [5, 5.41) is 11.5. The minimum atomic E-state index is 0.484. The molecule has 1 aliphatic carbocycles. The molecule has 1 fully saturated rings. The zero-order chi connectivity index (χ0) is 13.1.